The summed E-state index contributed by atoms with van der Waals surface area (Å²) in [5.41, 5.74) is 3.24. The highest BCUT2D eigenvalue weighted by Gasteiger charge is 2.18. The standard InChI is InChI=1S/C15H23N3O/c1-10(2)15(9-19)18(5)12-6-7-14-13(8-12)16-11(3)17(14)4/h6-8,10,15,19H,9H2,1-5H3. The van der Waals surface area contributed by atoms with E-state index >= 15 is 0 Å². The summed E-state index contributed by atoms with van der Waals surface area (Å²) >= 11 is 0. The van der Waals surface area contributed by atoms with Crippen LogP contribution in [0.4, 0.5) is 5.69 Å². The van der Waals surface area contributed by atoms with E-state index in [2.05, 4.69) is 46.5 Å². The van der Waals surface area contributed by atoms with Gasteiger partial charge in [-0.15, -0.1) is 0 Å². The van der Waals surface area contributed by atoms with Gasteiger partial charge >= 0.3 is 0 Å². The fourth-order valence-electron chi connectivity index (χ4n) is 2.50. The normalized spacial score (nSPS) is 13.2. The molecule has 2 rings (SSSR count). The Balaban J connectivity index is 2.40. The number of nitrogens with zero attached hydrogens (tertiary/aromatic N) is 3. The topological polar surface area (TPSA) is 41.3 Å². The van der Waals surface area contributed by atoms with Gasteiger partial charge in [-0.25, -0.2) is 4.98 Å². The van der Waals surface area contributed by atoms with Crippen LogP contribution in [0.1, 0.15) is 19.7 Å². The summed E-state index contributed by atoms with van der Waals surface area (Å²) in [6, 6.07) is 6.40. The number of aliphatic hydroxyl groups is 1. The maximum absolute atomic E-state index is 9.53. The first-order valence-electron chi connectivity index (χ1n) is 6.72. The summed E-state index contributed by atoms with van der Waals surface area (Å²) in [6.07, 6.45) is 0. The first kappa shape index (κ1) is 13.9. The van der Waals surface area contributed by atoms with Gasteiger partial charge in [0.25, 0.3) is 0 Å². The Morgan fingerprint density at radius 3 is 2.63 bits per heavy atom. The average Bonchev–Trinajstić information content (AvgIpc) is 2.65. The Labute approximate surface area is 114 Å². The van der Waals surface area contributed by atoms with Gasteiger partial charge in [-0.2, -0.15) is 0 Å². The number of aromatic nitrogens is 2. The van der Waals surface area contributed by atoms with Gasteiger partial charge in [-0.1, -0.05) is 13.8 Å². The number of rotatable bonds is 4. The minimum atomic E-state index is 0.127. The van der Waals surface area contributed by atoms with E-state index in [9.17, 15) is 5.11 Å². The molecule has 0 aliphatic rings. The molecule has 0 saturated carbocycles. The molecular weight excluding hydrogens is 238 g/mol. The van der Waals surface area contributed by atoms with Crippen molar-refractivity contribution >= 4 is 16.7 Å². The van der Waals surface area contributed by atoms with Crippen LogP contribution in [0.15, 0.2) is 18.2 Å². The van der Waals surface area contributed by atoms with E-state index in [-0.39, 0.29) is 12.6 Å². The predicted molar refractivity (Wildman–Crippen MR) is 79.6 cm³/mol. The zero-order valence-corrected chi connectivity index (χ0v) is 12.4. The van der Waals surface area contributed by atoms with Crippen molar-refractivity contribution in [3.63, 3.8) is 0 Å². The fourth-order valence-corrected chi connectivity index (χ4v) is 2.50. The first-order chi connectivity index (χ1) is 8.95. The van der Waals surface area contributed by atoms with E-state index in [0.29, 0.717) is 5.92 Å². The van der Waals surface area contributed by atoms with Gasteiger partial charge in [0.15, 0.2) is 0 Å². The van der Waals surface area contributed by atoms with Gasteiger partial charge in [0.1, 0.15) is 5.82 Å². The van der Waals surface area contributed by atoms with Crippen LogP contribution in [-0.4, -0.2) is 34.4 Å². The van der Waals surface area contributed by atoms with Crippen molar-refractivity contribution in [2.75, 3.05) is 18.6 Å². The van der Waals surface area contributed by atoms with Crippen LogP contribution in [-0.2, 0) is 7.05 Å². The quantitative estimate of drug-likeness (QED) is 0.918. The number of anilines is 1. The molecule has 4 nitrogen and oxygen atoms in total. The molecule has 104 valence electrons. The van der Waals surface area contributed by atoms with Crippen LogP contribution in [0.5, 0.6) is 0 Å². The number of fused-ring (bicyclic) bond motifs is 1. The fraction of sp³-hybridized carbons (Fsp3) is 0.533. The lowest BCUT2D eigenvalue weighted by Crippen LogP contribution is -2.38. The molecule has 1 aromatic heterocycles. The number of hydrogen-bond acceptors (Lipinski definition) is 3. The van der Waals surface area contributed by atoms with E-state index in [1.807, 2.05) is 21.0 Å². The van der Waals surface area contributed by atoms with E-state index in [4.69, 9.17) is 0 Å². The molecule has 0 amide bonds. The SMILES string of the molecule is Cc1nc2cc(N(C)C(CO)C(C)C)ccc2n1C. The molecule has 1 atom stereocenters. The van der Waals surface area contributed by atoms with E-state index in [1.54, 1.807) is 0 Å². The van der Waals surface area contributed by atoms with Crippen LogP contribution in [0.25, 0.3) is 11.0 Å². The zero-order chi connectivity index (χ0) is 14.2. The first-order valence-corrected chi connectivity index (χ1v) is 6.72. The van der Waals surface area contributed by atoms with E-state index in [0.717, 1.165) is 22.5 Å². The third kappa shape index (κ3) is 2.45. The number of likely N-dealkylation sites (N-methyl/N-ethyl adjacent to an activating group) is 1. The van der Waals surface area contributed by atoms with Crippen LogP contribution >= 0.6 is 0 Å². The molecule has 1 N–H and O–H groups in total. The number of aryl methyl sites for hydroxylation is 2. The van der Waals surface area contributed by atoms with Crippen molar-refractivity contribution in [1.29, 1.82) is 0 Å². The number of imidazole rings is 1. The van der Waals surface area contributed by atoms with Gasteiger partial charge < -0.3 is 14.6 Å². The summed E-state index contributed by atoms with van der Waals surface area (Å²) in [5.74, 6) is 1.41. The Bertz CT molecular complexity index is 574. The van der Waals surface area contributed by atoms with E-state index in [1.165, 1.54) is 0 Å². The number of hydrogen-bond donors (Lipinski definition) is 1. The largest absolute Gasteiger partial charge is 0.394 e. The summed E-state index contributed by atoms with van der Waals surface area (Å²) in [4.78, 5) is 6.69. The van der Waals surface area contributed by atoms with Crippen LogP contribution < -0.4 is 4.90 Å². The second kappa shape index (κ2) is 5.21. The Hall–Kier alpha value is -1.55. The van der Waals surface area contributed by atoms with Gasteiger partial charge in [0.05, 0.1) is 23.7 Å². The van der Waals surface area contributed by atoms with Crippen LogP contribution in [0, 0.1) is 12.8 Å². The average molecular weight is 261 g/mol. The zero-order valence-electron chi connectivity index (χ0n) is 12.4. The Morgan fingerprint density at radius 2 is 2.05 bits per heavy atom. The van der Waals surface area contributed by atoms with Gasteiger partial charge in [0.2, 0.25) is 0 Å². The molecule has 2 aromatic rings. The molecule has 1 heterocycles. The molecule has 0 aliphatic carbocycles. The maximum atomic E-state index is 9.53. The van der Waals surface area contributed by atoms with Gasteiger partial charge in [-0.05, 0) is 31.0 Å². The Morgan fingerprint density at radius 1 is 1.37 bits per heavy atom. The van der Waals surface area contributed by atoms with E-state index < -0.39 is 0 Å². The third-order valence-electron chi connectivity index (χ3n) is 3.95. The molecule has 0 fully saturated rings. The van der Waals surface area contributed by atoms with Gasteiger partial charge in [0, 0.05) is 19.8 Å². The molecule has 0 aliphatic heterocycles. The third-order valence-corrected chi connectivity index (χ3v) is 3.95. The molecule has 0 radical (unpaired) electrons. The predicted octanol–water partition coefficient (Wildman–Crippen LogP) is 2.33. The minimum absolute atomic E-state index is 0.127. The van der Waals surface area contributed by atoms with Crippen molar-refractivity contribution in [2.45, 2.75) is 26.8 Å². The minimum Gasteiger partial charge on any atom is -0.394 e. The molecule has 1 aromatic carbocycles. The lowest BCUT2D eigenvalue weighted by atomic mass is 10.0. The molecule has 0 saturated heterocycles. The van der Waals surface area contributed by atoms with Crippen molar-refractivity contribution in [3.8, 4) is 0 Å². The molecule has 19 heavy (non-hydrogen) atoms. The molecule has 4 heteroatoms. The van der Waals surface area contributed by atoms with Crippen molar-refractivity contribution < 1.29 is 5.11 Å². The van der Waals surface area contributed by atoms with Crippen molar-refractivity contribution in [2.24, 2.45) is 13.0 Å². The summed E-state index contributed by atoms with van der Waals surface area (Å²) in [5, 5.41) is 9.53. The smallest absolute Gasteiger partial charge is 0.106 e. The molecular formula is C15H23N3O. The van der Waals surface area contributed by atoms with Crippen LogP contribution in [0.2, 0.25) is 0 Å². The highest BCUT2D eigenvalue weighted by Crippen LogP contribution is 2.24. The van der Waals surface area contributed by atoms with Crippen LogP contribution in [0.3, 0.4) is 0 Å². The number of benzene rings is 1. The lowest BCUT2D eigenvalue weighted by Gasteiger charge is -2.31. The summed E-state index contributed by atoms with van der Waals surface area (Å²) in [6.45, 7) is 6.42. The van der Waals surface area contributed by atoms with Gasteiger partial charge in [-0.3, -0.25) is 0 Å². The lowest BCUT2D eigenvalue weighted by molar-refractivity contribution is 0.234. The van der Waals surface area contributed by atoms with Crippen molar-refractivity contribution in [3.05, 3.63) is 24.0 Å². The summed E-state index contributed by atoms with van der Waals surface area (Å²) < 4.78 is 2.09. The monoisotopic (exact) mass is 261 g/mol. The number of aliphatic hydroxyl groups excluding tert-OH is 1. The molecule has 0 bridgehead atoms. The second-order valence-corrected chi connectivity index (χ2v) is 5.50. The second-order valence-electron chi connectivity index (χ2n) is 5.50. The Kier molecular flexibility index (Phi) is 3.80. The molecule has 0 spiro atoms. The van der Waals surface area contributed by atoms with Crippen molar-refractivity contribution in [1.82, 2.24) is 9.55 Å². The highest BCUT2D eigenvalue weighted by atomic mass is 16.3. The maximum Gasteiger partial charge on any atom is 0.106 e. The highest BCUT2D eigenvalue weighted by molar-refractivity contribution is 5.80. The molecule has 1 unspecified atom stereocenters. The summed E-state index contributed by atoms with van der Waals surface area (Å²) in [7, 11) is 4.05.